The molecule has 0 atom stereocenters. The fourth-order valence-corrected chi connectivity index (χ4v) is 5.11. The molecule has 4 rings (SSSR count). The Balaban J connectivity index is 1.57. The van der Waals surface area contributed by atoms with Crippen molar-refractivity contribution >= 4 is 28.2 Å². The Morgan fingerprint density at radius 2 is 1.80 bits per heavy atom. The van der Waals surface area contributed by atoms with Crippen LogP contribution in [0.15, 0.2) is 42.5 Å². The van der Waals surface area contributed by atoms with E-state index in [2.05, 4.69) is 33.1 Å². The van der Waals surface area contributed by atoms with Gasteiger partial charge in [0.2, 0.25) is 0 Å². The molecular formula is C30H35F4N5O2. The second-order valence-corrected chi connectivity index (χ2v) is 9.93. The molecule has 1 aliphatic carbocycles. The minimum atomic E-state index is -4.43. The molecule has 1 fully saturated rings. The number of rotatable bonds is 10. The minimum absolute atomic E-state index is 0.0820. The first-order chi connectivity index (χ1) is 19.7. The monoisotopic (exact) mass is 573 g/mol. The number of carbonyl (C=O) groups is 1. The number of nitrogens with zero attached hydrogens (tertiary/aromatic N) is 1. The molecule has 41 heavy (non-hydrogen) atoms. The van der Waals surface area contributed by atoms with Gasteiger partial charge in [0, 0.05) is 35.8 Å². The highest BCUT2D eigenvalue weighted by Gasteiger charge is 2.30. The maximum Gasteiger partial charge on any atom is 0.406 e. The Hall–Kier alpha value is -3.91. The first-order valence-electron chi connectivity index (χ1n) is 13.6. The quantitative estimate of drug-likeness (QED) is 0.195. The smallest absolute Gasteiger partial charge is 0.406 e. The van der Waals surface area contributed by atoms with Gasteiger partial charge in [0.05, 0.1) is 23.4 Å². The minimum Gasteiger partial charge on any atom is -0.489 e. The molecule has 1 aliphatic rings. The number of hydrogen-bond acceptors (Lipinski definition) is 5. The van der Waals surface area contributed by atoms with E-state index in [1.165, 1.54) is 17.7 Å². The molecule has 3 aromatic rings. The zero-order chi connectivity index (χ0) is 29.4. The van der Waals surface area contributed by atoms with E-state index in [0.29, 0.717) is 28.2 Å². The highest BCUT2D eigenvalue weighted by Crippen LogP contribution is 2.32. The van der Waals surface area contributed by atoms with Gasteiger partial charge in [-0.25, -0.2) is 4.39 Å². The standard InChI is InChI=1S/C30H35F4N5O2/c1-35-21-9-11-22(12-10-21)38-25-6-3-7-27-24(25)18-23(39(27)19-30(32,33)34)5-4-15-37-26-13-8-20(29(40)36-2)17-28(26)41-16-14-31/h3,6-8,13,17-18,21-22,35,37-38H,9-12,14-16,19H2,1-2H3,(H,36,40)/t21-,22-. The van der Waals surface area contributed by atoms with Crippen molar-refractivity contribution in [3.8, 4) is 17.6 Å². The van der Waals surface area contributed by atoms with Crippen molar-refractivity contribution in [2.75, 3.05) is 44.6 Å². The molecule has 1 heterocycles. The van der Waals surface area contributed by atoms with E-state index in [4.69, 9.17) is 4.74 Å². The Labute approximate surface area is 237 Å². The summed E-state index contributed by atoms with van der Waals surface area (Å²) in [5.74, 6) is 5.74. The lowest BCUT2D eigenvalue weighted by molar-refractivity contribution is -0.140. The van der Waals surface area contributed by atoms with Crippen LogP contribution in [-0.4, -0.2) is 62.7 Å². The molecule has 4 N–H and O–H groups in total. The number of benzene rings is 2. The molecule has 1 aromatic heterocycles. The van der Waals surface area contributed by atoms with Crippen LogP contribution in [0.5, 0.6) is 5.75 Å². The first-order valence-corrected chi connectivity index (χ1v) is 13.6. The highest BCUT2D eigenvalue weighted by atomic mass is 19.4. The normalized spacial score (nSPS) is 17.0. The van der Waals surface area contributed by atoms with E-state index in [0.717, 1.165) is 31.4 Å². The number of fused-ring (bicyclic) bond motifs is 1. The second-order valence-electron chi connectivity index (χ2n) is 9.93. The van der Waals surface area contributed by atoms with Crippen molar-refractivity contribution in [2.45, 2.75) is 50.5 Å². The molecule has 11 heteroatoms. The summed E-state index contributed by atoms with van der Waals surface area (Å²) in [7, 11) is 3.46. The van der Waals surface area contributed by atoms with Gasteiger partial charge in [-0.3, -0.25) is 4.79 Å². The summed E-state index contributed by atoms with van der Waals surface area (Å²) in [5, 5.41) is 13.1. The molecule has 7 nitrogen and oxygen atoms in total. The molecule has 2 aromatic carbocycles. The number of anilines is 2. The van der Waals surface area contributed by atoms with Gasteiger partial charge in [-0.2, -0.15) is 13.2 Å². The number of ether oxygens (including phenoxy) is 1. The summed E-state index contributed by atoms with van der Waals surface area (Å²) in [6.07, 6.45) is -0.393. The average molecular weight is 574 g/mol. The molecule has 1 amide bonds. The van der Waals surface area contributed by atoms with Crippen molar-refractivity contribution in [1.82, 2.24) is 15.2 Å². The summed E-state index contributed by atoms with van der Waals surface area (Å²) in [4.78, 5) is 12.0. The Kier molecular flexibility index (Phi) is 10.00. The van der Waals surface area contributed by atoms with Crippen molar-refractivity contribution in [3.63, 3.8) is 0 Å². The average Bonchev–Trinajstić information content (AvgIpc) is 3.31. The van der Waals surface area contributed by atoms with Crippen LogP contribution in [0.25, 0.3) is 10.9 Å². The van der Waals surface area contributed by atoms with E-state index in [9.17, 15) is 22.4 Å². The van der Waals surface area contributed by atoms with Gasteiger partial charge in [-0.1, -0.05) is 12.0 Å². The third kappa shape index (κ3) is 7.85. The van der Waals surface area contributed by atoms with Crippen molar-refractivity contribution in [2.24, 2.45) is 0 Å². The number of hydrogen-bond donors (Lipinski definition) is 4. The summed E-state index contributed by atoms with van der Waals surface area (Å²) >= 11 is 0. The largest absolute Gasteiger partial charge is 0.489 e. The van der Waals surface area contributed by atoms with Gasteiger partial charge in [-0.15, -0.1) is 0 Å². The van der Waals surface area contributed by atoms with Gasteiger partial charge in [0.25, 0.3) is 5.91 Å². The fraction of sp³-hybridized carbons (Fsp3) is 0.433. The van der Waals surface area contributed by atoms with Crippen LogP contribution < -0.4 is 26.0 Å². The van der Waals surface area contributed by atoms with Crippen LogP contribution in [0, 0.1) is 11.8 Å². The van der Waals surface area contributed by atoms with Crippen LogP contribution in [0.4, 0.5) is 28.9 Å². The highest BCUT2D eigenvalue weighted by molar-refractivity contribution is 5.95. The number of amides is 1. The SMILES string of the molecule is CNC(=O)c1ccc(NCC#Cc2cc3c(N[C@H]4CC[C@H](NC)CC4)cccc3n2CC(F)(F)F)c(OCCF)c1. The van der Waals surface area contributed by atoms with Crippen molar-refractivity contribution < 1.29 is 27.1 Å². The van der Waals surface area contributed by atoms with Crippen LogP contribution in [-0.2, 0) is 6.54 Å². The molecule has 0 bridgehead atoms. The van der Waals surface area contributed by atoms with Crippen LogP contribution in [0.3, 0.4) is 0 Å². The number of nitrogens with one attached hydrogen (secondary N) is 4. The van der Waals surface area contributed by atoms with Crippen LogP contribution >= 0.6 is 0 Å². The van der Waals surface area contributed by atoms with E-state index in [1.54, 1.807) is 30.3 Å². The summed E-state index contributed by atoms with van der Waals surface area (Å²) in [5.41, 5.74) is 2.32. The van der Waals surface area contributed by atoms with Gasteiger partial charge >= 0.3 is 6.18 Å². The van der Waals surface area contributed by atoms with E-state index in [-0.39, 0.29) is 36.5 Å². The van der Waals surface area contributed by atoms with Crippen molar-refractivity contribution in [1.29, 1.82) is 0 Å². The predicted octanol–water partition coefficient (Wildman–Crippen LogP) is 5.32. The molecular weight excluding hydrogens is 538 g/mol. The van der Waals surface area contributed by atoms with Crippen LogP contribution in [0.2, 0.25) is 0 Å². The molecule has 1 saturated carbocycles. The number of carbonyl (C=O) groups excluding carboxylic acids is 1. The van der Waals surface area contributed by atoms with Gasteiger partial charge in [-0.05, 0) is 75.0 Å². The lowest BCUT2D eigenvalue weighted by Crippen LogP contribution is -2.34. The Morgan fingerprint density at radius 1 is 1.05 bits per heavy atom. The lowest BCUT2D eigenvalue weighted by Gasteiger charge is -2.29. The molecule has 220 valence electrons. The third-order valence-corrected chi connectivity index (χ3v) is 7.17. The van der Waals surface area contributed by atoms with E-state index >= 15 is 0 Å². The maximum atomic E-state index is 13.6. The summed E-state index contributed by atoms with van der Waals surface area (Å²) < 4.78 is 60.1. The number of aromatic nitrogens is 1. The second kappa shape index (κ2) is 13.6. The van der Waals surface area contributed by atoms with Gasteiger partial charge in [0.1, 0.15) is 25.6 Å². The molecule has 0 spiro atoms. The van der Waals surface area contributed by atoms with E-state index in [1.807, 2.05) is 13.1 Å². The Morgan fingerprint density at radius 3 is 2.49 bits per heavy atom. The molecule has 0 unspecified atom stereocenters. The van der Waals surface area contributed by atoms with Gasteiger partial charge < -0.3 is 30.6 Å². The maximum absolute atomic E-state index is 13.6. The topological polar surface area (TPSA) is 79.4 Å². The third-order valence-electron chi connectivity index (χ3n) is 7.17. The molecule has 0 radical (unpaired) electrons. The summed E-state index contributed by atoms with van der Waals surface area (Å²) in [6, 6.07) is 12.5. The van der Waals surface area contributed by atoms with Crippen molar-refractivity contribution in [3.05, 3.63) is 53.7 Å². The fourth-order valence-electron chi connectivity index (χ4n) is 5.11. The zero-order valence-corrected chi connectivity index (χ0v) is 23.1. The first kappa shape index (κ1) is 30.1. The summed E-state index contributed by atoms with van der Waals surface area (Å²) in [6.45, 7) is -1.98. The number of halogens is 4. The van der Waals surface area contributed by atoms with E-state index < -0.39 is 19.4 Å². The Bertz CT molecular complexity index is 1400. The lowest BCUT2D eigenvalue weighted by atomic mass is 9.91. The molecule has 0 aliphatic heterocycles. The molecule has 0 saturated heterocycles. The van der Waals surface area contributed by atoms with Gasteiger partial charge in [0.15, 0.2) is 0 Å². The zero-order valence-electron chi connectivity index (χ0n) is 23.1. The number of alkyl halides is 4. The van der Waals surface area contributed by atoms with Crippen LogP contribution in [0.1, 0.15) is 41.7 Å². The predicted molar refractivity (Wildman–Crippen MR) is 153 cm³/mol.